The molecule has 1 heterocycles. The summed E-state index contributed by atoms with van der Waals surface area (Å²) in [6.07, 6.45) is -0.350. The number of ether oxygens (including phenoxy) is 1. The Bertz CT molecular complexity index is 427. The minimum atomic E-state index is -0.350. The molecule has 17 heavy (non-hydrogen) atoms. The van der Waals surface area contributed by atoms with Gasteiger partial charge in [0.15, 0.2) is 6.10 Å². The van der Waals surface area contributed by atoms with Crippen LogP contribution in [0.15, 0.2) is 42.5 Å². The van der Waals surface area contributed by atoms with Crippen LogP contribution in [0.25, 0.3) is 0 Å². The van der Waals surface area contributed by atoms with Crippen molar-refractivity contribution in [1.82, 2.24) is 4.90 Å². The van der Waals surface area contributed by atoms with Gasteiger partial charge in [0.05, 0.1) is 6.04 Å². The van der Waals surface area contributed by atoms with Crippen LogP contribution in [0.1, 0.15) is 18.5 Å². The lowest BCUT2D eigenvalue weighted by molar-refractivity contribution is -0.170. The van der Waals surface area contributed by atoms with Crippen LogP contribution in [-0.4, -0.2) is 30.6 Å². The molecule has 3 heteroatoms. The van der Waals surface area contributed by atoms with Gasteiger partial charge in [-0.15, -0.1) is 0 Å². The van der Waals surface area contributed by atoms with E-state index in [2.05, 4.69) is 6.58 Å². The van der Waals surface area contributed by atoms with Gasteiger partial charge in [0.1, 0.15) is 0 Å². The van der Waals surface area contributed by atoms with Gasteiger partial charge >= 0.3 is 0 Å². The summed E-state index contributed by atoms with van der Waals surface area (Å²) in [5, 5.41) is 0. The molecule has 1 aliphatic heterocycles. The molecule has 3 nitrogen and oxygen atoms in total. The molecule has 90 valence electrons. The van der Waals surface area contributed by atoms with E-state index in [9.17, 15) is 4.79 Å². The van der Waals surface area contributed by atoms with E-state index >= 15 is 0 Å². The maximum Gasteiger partial charge on any atom is 0.255 e. The van der Waals surface area contributed by atoms with E-state index in [0.29, 0.717) is 6.54 Å². The van der Waals surface area contributed by atoms with Gasteiger partial charge in [-0.1, -0.05) is 42.5 Å². The predicted molar refractivity (Wildman–Crippen MR) is 66.5 cm³/mol. The van der Waals surface area contributed by atoms with Crippen molar-refractivity contribution >= 4 is 5.91 Å². The molecule has 0 N–H and O–H groups in total. The quantitative estimate of drug-likeness (QED) is 0.587. The van der Waals surface area contributed by atoms with Crippen molar-refractivity contribution in [2.24, 2.45) is 0 Å². The van der Waals surface area contributed by atoms with Crippen LogP contribution < -0.4 is 0 Å². The number of methoxy groups -OCH3 is 1. The molecular weight excluding hydrogens is 214 g/mol. The summed E-state index contributed by atoms with van der Waals surface area (Å²) in [4.78, 5) is 13.7. The number of hydrogen-bond acceptors (Lipinski definition) is 2. The molecule has 0 aliphatic carbocycles. The van der Waals surface area contributed by atoms with E-state index in [0.717, 1.165) is 11.1 Å². The van der Waals surface area contributed by atoms with Gasteiger partial charge in [-0.05, 0) is 12.5 Å². The van der Waals surface area contributed by atoms with Gasteiger partial charge in [0, 0.05) is 13.7 Å². The number of β-lactam (4-membered cyclic amide) rings is 1. The number of nitrogens with zero attached hydrogens (tertiary/aromatic N) is 1. The molecule has 0 saturated carbocycles. The maximum absolute atomic E-state index is 11.9. The Labute approximate surface area is 102 Å². The first kappa shape index (κ1) is 11.9. The predicted octanol–water partition coefficient (Wildman–Crippen LogP) is 2.16. The van der Waals surface area contributed by atoms with Crippen LogP contribution in [0.5, 0.6) is 0 Å². The lowest BCUT2D eigenvalue weighted by Gasteiger charge is -2.46. The van der Waals surface area contributed by atoms with Crippen LogP contribution in [0, 0.1) is 0 Å². The summed E-state index contributed by atoms with van der Waals surface area (Å²) in [6.45, 7) is 6.38. The van der Waals surface area contributed by atoms with Crippen LogP contribution >= 0.6 is 0 Å². The smallest absolute Gasteiger partial charge is 0.255 e. The van der Waals surface area contributed by atoms with Crippen molar-refractivity contribution < 1.29 is 9.53 Å². The zero-order valence-corrected chi connectivity index (χ0v) is 10.2. The highest BCUT2D eigenvalue weighted by atomic mass is 16.5. The highest BCUT2D eigenvalue weighted by molar-refractivity contribution is 5.89. The lowest BCUT2D eigenvalue weighted by atomic mass is 9.90. The monoisotopic (exact) mass is 231 g/mol. The normalized spacial score (nSPS) is 23.4. The first-order valence-corrected chi connectivity index (χ1v) is 5.67. The lowest BCUT2D eigenvalue weighted by Crippen LogP contribution is -2.59. The summed E-state index contributed by atoms with van der Waals surface area (Å²) in [6, 6.07) is 9.98. The van der Waals surface area contributed by atoms with Gasteiger partial charge in [-0.3, -0.25) is 4.79 Å². The van der Waals surface area contributed by atoms with Crippen molar-refractivity contribution in [3.8, 4) is 0 Å². The van der Waals surface area contributed by atoms with Crippen molar-refractivity contribution in [2.75, 3.05) is 13.7 Å². The van der Waals surface area contributed by atoms with E-state index in [1.165, 1.54) is 0 Å². The molecule has 1 aromatic carbocycles. The average molecular weight is 231 g/mol. The van der Waals surface area contributed by atoms with Gasteiger partial charge in [-0.25, -0.2) is 0 Å². The molecule has 0 aromatic heterocycles. The van der Waals surface area contributed by atoms with E-state index in [4.69, 9.17) is 4.74 Å². The number of hydrogen-bond donors (Lipinski definition) is 0. The molecule has 1 amide bonds. The molecule has 0 spiro atoms. The molecule has 0 bridgehead atoms. The Balaban J connectivity index is 2.23. The highest BCUT2D eigenvalue weighted by Gasteiger charge is 2.48. The summed E-state index contributed by atoms with van der Waals surface area (Å²) < 4.78 is 5.26. The van der Waals surface area contributed by atoms with E-state index in [-0.39, 0.29) is 18.1 Å². The minimum Gasteiger partial charge on any atom is -0.369 e. The molecule has 1 aromatic rings. The van der Waals surface area contributed by atoms with Gasteiger partial charge in [0.2, 0.25) is 0 Å². The van der Waals surface area contributed by atoms with Gasteiger partial charge in [-0.2, -0.15) is 0 Å². The molecule has 1 saturated heterocycles. The molecule has 2 atom stereocenters. The SMILES string of the molecule is C=C(C)CN1C(=O)[C@@H](OC)[C@H]1c1ccccc1. The molecular formula is C14H17NO2. The second-order valence-electron chi connectivity index (χ2n) is 4.44. The van der Waals surface area contributed by atoms with Gasteiger partial charge in [0.25, 0.3) is 5.91 Å². The molecule has 2 rings (SSSR count). The molecule has 0 radical (unpaired) electrons. The highest BCUT2D eigenvalue weighted by Crippen LogP contribution is 2.36. The third-order valence-corrected chi connectivity index (χ3v) is 2.98. The average Bonchev–Trinajstić information content (AvgIpc) is 2.33. The summed E-state index contributed by atoms with van der Waals surface area (Å²) in [7, 11) is 1.58. The first-order chi connectivity index (χ1) is 8.15. The topological polar surface area (TPSA) is 29.5 Å². The standard InChI is InChI=1S/C14H17NO2/c1-10(2)9-15-12(13(17-3)14(15)16)11-7-5-4-6-8-11/h4-8,12-13H,1,9H2,2-3H3/t12-,13+/m1/s1. The molecule has 0 unspecified atom stereocenters. The molecule has 1 aliphatic rings. The number of likely N-dealkylation sites (tertiary alicyclic amines) is 1. The molecule has 1 fully saturated rings. The zero-order chi connectivity index (χ0) is 12.4. The van der Waals surface area contributed by atoms with Crippen LogP contribution in [0.4, 0.5) is 0 Å². The van der Waals surface area contributed by atoms with Crippen molar-refractivity contribution in [3.63, 3.8) is 0 Å². The summed E-state index contributed by atoms with van der Waals surface area (Å²) >= 11 is 0. The van der Waals surface area contributed by atoms with Gasteiger partial charge < -0.3 is 9.64 Å². The second kappa shape index (κ2) is 4.72. The fourth-order valence-corrected chi connectivity index (χ4v) is 2.22. The third kappa shape index (κ3) is 2.11. The zero-order valence-electron chi connectivity index (χ0n) is 10.2. The first-order valence-electron chi connectivity index (χ1n) is 5.67. The Kier molecular flexibility index (Phi) is 3.29. The number of carbonyl (C=O) groups is 1. The number of amides is 1. The number of carbonyl (C=O) groups excluding carboxylic acids is 1. The maximum atomic E-state index is 11.9. The van der Waals surface area contributed by atoms with Crippen LogP contribution in [-0.2, 0) is 9.53 Å². The number of benzene rings is 1. The van der Waals surface area contributed by atoms with Crippen LogP contribution in [0.2, 0.25) is 0 Å². The van der Waals surface area contributed by atoms with Crippen molar-refractivity contribution in [3.05, 3.63) is 48.0 Å². The Morgan fingerprint density at radius 3 is 2.59 bits per heavy atom. The fourth-order valence-electron chi connectivity index (χ4n) is 2.22. The van der Waals surface area contributed by atoms with E-state index < -0.39 is 0 Å². The summed E-state index contributed by atoms with van der Waals surface area (Å²) in [5.41, 5.74) is 2.09. The van der Waals surface area contributed by atoms with E-state index in [1.807, 2.05) is 42.2 Å². The van der Waals surface area contributed by atoms with E-state index in [1.54, 1.807) is 7.11 Å². The van der Waals surface area contributed by atoms with Crippen LogP contribution in [0.3, 0.4) is 0 Å². The Hall–Kier alpha value is -1.61. The number of rotatable bonds is 4. The third-order valence-electron chi connectivity index (χ3n) is 2.98. The fraction of sp³-hybridized carbons (Fsp3) is 0.357. The van der Waals surface area contributed by atoms with Crippen molar-refractivity contribution in [2.45, 2.75) is 19.1 Å². The summed E-state index contributed by atoms with van der Waals surface area (Å²) in [5.74, 6) is 0.0457. The Morgan fingerprint density at radius 1 is 1.41 bits per heavy atom. The minimum absolute atomic E-state index is 0.0189. The van der Waals surface area contributed by atoms with Crippen molar-refractivity contribution in [1.29, 1.82) is 0 Å². The second-order valence-corrected chi connectivity index (χ2v) is 4.44. The largest absolute Gasteiger partial charge is 0.369 e. The Morgan fingerprint density at radius 2 is 2.06 bits per heavy atom.